The third-order valence-electron chi connectivity index (χ3n) is 4.88. The van der Waals surface area contributed by atoms with Crippen LogP contribution in [0, 0.1) is 0 Å². The molecule has 2 aliphatic rings. The number of hydrogen-bond acceptors (Lipinski definition) is 6. The Hall–Kier alpha value is -2.58. The highest BCUT2D eigenvalue weighted by atomic mass is 16.6. The fraction of sp³-hybridized carbons (Fsp3) is 0.524. The van der Waals surface area contributed by atoms with Crippen molar-refractivity contribution in [3.8, 4) is 11.5 Å². The van der Waals surface area contributed by atoms with Crippen molar-refractivity contribution in [1.29, 1.82) is 0 Å². The average molecular weight is 403 g/mol. The smallest absolute Gasteiger partial charge is 0.246 e. The molecule has 0 aromatic heterocycles. The van der Waals surface area contributed by atoms with Gasteiger partial charge in [-0.05, 0) is 30.2 Å². The summed E-state index contributed by atoms with van der Waals surface area (Å²) in [6.45, 7) is 5.32. The zero-order valence-corrected chi connectivity index (χ0v) is 16.9. The lowest BCUT2D eigenvalue weighted by molar-refractivity contribution is -0.128. The monoisotopic (exact) mass is 403 g/mol. The second kappa shape index (κ2) is 10.8. The molecule has 0 saturated carbocycles. The minimum Gasteiger partial charge on any atom is -0.486 e. The highest BCUT2D eigenvalue weighted by Crippen LogP contribution is 2.31. The summed E-state index contributed by atoms with van der Waals surface area (Å²) in [5.74, 6) is 1.43. The molecule has 1 fully saturated rings. The van der Waals surface area contributed by atoms with Gasteiger partial charge in [-0.2, -0.15) is 0 Å². The summed E-state index contributed by atoms with van der Waals surface area (Å²) in [6, 6.07) is 5.64. The number of ether oxygens (including phenoxy) is 3. The van der Waals surface area contributed by atoms with Gasteiger partial charge in [0.05, 0.1) is 6.54 Å². The molecule has 0 unspecified atom stereocenters. The molecule has 8 nitrogen and oxygen atoms in total. The lowest BCUT2D eigenvalue weighted by Crippen LogP contribution is -2.50. The number of piperazine rings is 1. The zero-order valence-electron chi connectivity index (χ0n) is 16.9. The molecule has 0 atom stereocenters. The largest absolute Gasteiger partial charge is 0.486 e. The summed E-state index contributed by atoms with van der Waals surface area (Å²) in [4.78, 5) is 28.3. The van der Waals surface area contributed by atoms with E-state index < -0.39 is 0 Å². The molecule has 1 N–H and O–H groups in total. The summed E-state index contributed by atoms with van der Waals surface area (Å²) in [6.07, 6.45) is 4.18. The maximum atomic E-state index is 12.5. The van der Waals surface area contributed by atoms with E-state index in [9.17, 15) is 9.59 Å². The third-order valence-corrected chi connectivity index (χ3v) is 4.88. The highest BCUT2D eigenvalue weighted by molar-refractivity contribution is 5.92. The number of benzene rings is 1. The fourth-order valence-electron chi connectivity index (χ4n) is 3.27. The molecule has 1 saturated heterocycles. The van der Waals surface area contributed by atoms with Crippen LogP contribution in [-0.2, 0) is 14.3 Å². The van der Waals surface area contributed by atoms with Crippen molar-refractivity contribution in [2.45, 2.75) is 6.42 Å². The molecule has 0 aliphatic carbocycles. The predicted molar refractivity (Wildman–Crippen MR) is 109 cm³/mol. The maximum Gasteiger partial charge on any atom is 0.246 e. The number of nitrogens with zero attached hydrogens (tertiary/aromatic N) is 2. The van der Waals surface area contributed by atoms with Gasteiger partial charge in [-0.15, -0.1) is 0 Å². The second-order valence-corrected chi connectivity index (χ2v) is 7.03. The molecule has 0 radical (unpaired) electrons. The molecular weight excluding hydrogens is 374 g/mol. The Bertz CT molecular complexity index is 729. The van der Waals surface area contributed by atoms with Gasteiger partial charge in [-0.3, -0.25) is 14.5 Å². The molecule has 3 rings (SSSR count). The summed E-state index contributed by atoms with van der Waals surface area (Å²) < 4.78 is 16.0. The maximum absolute atomic E-state index is 12.5. The van der Waals surface area contributed by atoms with Crippen molar-refractivity contribution in [3.05, 3.63) is 29.8 Å². The lowest BCUT2D eigenvalue weighted by Gasteiger charge is -2.33. The number of rotatable bonds is 8. The molecule has 0 spiro atoms. The Morgan fingerprint density at radius 3 is 2.66 bits per heavy atom. The van der Waals surface area contributed by atoms with Crippen molar-refractivity contribution in [2.75, 3.05) is 66.2 Å². The van der Waals surface area contributed by atoms with Gasteiger partial charge < -0.3 is 24.4 Å². The molecule has 2 heterocycles. The Labute approximate surface area is 171 Å². The van der Waals surface area contributed by atoms with E-state index in [1.807, 2.05) is 23.1 Å². The normalized spacial score (nSPS) is 16.8. The van der Waals surface area contributed by atoms with Crippen LogP contribution in [0.2, 0.25) is 0 Å². The van der Waals surface area contributed by atoms with Crippen molar-refractivity contribution < 1.29 is 23.8 Å². The second-order valence-electron chi connectivity index (χ2n) is 7.03. The molecule has 8 heteroatoms. The molecule has 0 bridgehead atoms. The van der Waals surface area contributed by atoms with Gasteiger partial charge in [0.25, 0.3) is 0 Å². The van der Waals surface area contributed by atoms with E-state index >= 15 is 0 Å². The molecule has 2 aliphatic heterocycles. The van der Waals surface area contributed by atoms with E-state index in [1.54, 1.807) is 19.3 Å². The van der Waals surface area contributed by atoms with Crippen molar-refractivity contribution in [1.82, 2.24) is 15.1 Å². The van der Waals surface area contributed by atoms with Gasteiger partial charge in [0.2, 0.25) is 11.8 Å². The van der Waals surface area contributed by atoms with Crippen LogP contribution in [-0.4, -0.2) is 87.8 Å². The Morgan fingerprint density at radius 1 is 1.14 bits per heavy atom. The number of amides is 2. The Balaban J connectivity index is 1.40. The first-order chi connectivity index (χ1) is 14.2. The van der Waals surface area contributed by atoms with Gasteiger partial charge in [0.1, 0.15) is 13.2 Å². The topological polar surface area (TPSA) is 80.3 Å². The standard InChI is InChI=1S/C21H29N3O5/c1-27-12-2-7-22-20(25)16-23-8-10-24(11-9-23)21(26)6-4-17-3-5-18-19(15-17)29-14-13-28-18/h3-6,15H,2,7-14,16H2,1H3,(H,22,25)/b6-4+. The Morgan fingerprint density at radius 2 is 1.90 bits per heavy atom. The SMILES string of the molecule is COCCCNC(=O)CN1CCN(C(=O)/C=C/c2ccc3c(c2)OCCO3)CC1. The van der Waals surface area contributed by atoms with Crippen LogP contribution in [0.5, 0.6) is 11.5 Å². The van der Waals surface area contributed by atoms with Crippen LogP contribution in [0.15, 0.2) is 24.3 Å². The van der Waals surface area contributed by atoms with Crippen molar-refractivity contribution >= 4 is 17.9 Å². The minimum absolute atomic E-state index is 0.0133. The predicted octanol–water partition coefficient (Wildman–Crippen LogP) is 0.768. The first kappa shape index (κ1) is 21.1. The number of nitrogens with one attached hydrogen (secondary N) is 1. The van der Waals surface area contributed by atoms with Crippen LogP contribution in [0.25, 0.3) is 6.08 Å². The fourth-order valence-corrected chi connectivity index (χ4v) is 3.27. The van der Waals surface area contributed by atoms with Gasteiger partial charge in [-0.25, -0.2) is 0 Å². The van der Waals surface area contributed by atoms with Gasteiger partial charge in [0.15, 0.2) is 11.5 Å². The van der Waals surface area contributed by atoms with E-state index in [2.05, 4.69) is 10.2 Å². The Kier molecular flexibility index (Phi) is 7.89. The minimum atomic E-state index is -0.0245. The number of fused-ring (bicyclic) bond motifs is 1. The molecule has 1 aromatic carbocycles. The van der Waals surface area contributed by atoms with Gasteiger partial charge >= 0.3 is 0 Å². The van der Waals surface area contributed by atoms with E-state index in [4.69, 9.17) is 14.2 Å². The first-order valence-corrected chi connectivity index (χ1v) is 10.0. The number of hydrogen-bond donors (Lipinski definition) is 1. The lowest BCUT2D eigenvalue weighted by atomic mass is 10.1. The quantitative estimate of drug-likeness (QED) is 0.510. The van der Waals surface area contributed by atoms with Crippen LogP contribution in [0.1, 0.15) is 12.0 Å². The van der Waals surface area contributed by atoms with Crippen LogP contribution < -0.4 is 14.8 Å². The van der Waals surface area contributed by atoms with Crippen molar-refractivity contribution in [3.63, 3.8) is 0 Å². The van der Waals surface area contributed by atoms with Gasteiger partial charge in [0, 0.05) is 52.5 Å². The third kappa shape index (κ3) is 6.47. The summed E-state index contributed by atoms with van der Waals surface area (Å²) in [5.41, 5.74) is 0.895. The molecule has 158 valence electrons. The summed E-state index contributed by atoms with van der Waals surface area (Å²) >= 11 is 0. The van der Waals surface area contributed by atoms with Crippen molar-refractivity contribution in [2.24, 2.45) is 0 Å². The molecule has 29 heavy (non-hydrogen) atoms. The highest BCUT2D eigenvalue weighted by Gasteiger charge is 2.21. The molecule has 2 amide bonds. The summed E-state index contributed by atoms with van der Waals surface area (Å²) in [5, 5.41) is 2.89. The zero-order chi connectivity index (χ0) is 20.5. The number of carbonyl (C=O) groups excluding carboxylic acids is 2. The average Bonchev–Trinajstić information content (AvgIpc) is 2.75. The molecule has 1 aromatic rings. The van der Waals surface area contributed by atoms with Crippen LogP contribution in [0.3, 0.4) is 0 Å². The van der Waals surface area contributed by atoms with E-state index in [-0.39, 0.29) is 11.8 Å². The van der Waals surface area contributed by atoms with Crippen LogP contribution in [0.4, 0.5) is 0 Å². The van der Waals surface area contributed by atoms with Crippen LogP contribution >= 0.6 is 0 Å². The van der Waals surface area contributed by atoms with E-state index in [0.717, 1.165) is 17.7 Å². The molecular formula is C21H29N3O5. The van der Waals surface area contributed by atoms with Gasteiger partial charge in [-0.1, -0.05) is 6.07 Å². The number of methoxy groups -OCH3 is 1. The summed E-state index contributed by atoms with van der Waals surface area (Å²) in [7, 11) is 1.65. The number of carbonyl (C=O) groups is 2. The van der Waals surface area contributed by atoms with E-state index in [1.165, 1.54) is 0 Å². The first-order valence-electron chi connectivity index (χ1n) is 10.0. The van der Waals surface area contributed by atoms with E-state index in [0.29, 0.717) is 64.8 Å².